The fourth-order valence-electron chi connectivity index (χ4n) is 7.41. The Kier molecular flexibility index (Phi) is 7.84. The number of aromatic nitrogens is 2. The van der Waals surface area contributed by atoms with E-state index in [4.69, 9.17) is 4.74 Å². The lowest BCUT2D eigenvalue weighted by Crippen LogP contribution is -2.48. The van der Waals surface area contributed by atoms with E-state index in [0.717, 1.165) is 89.9 Å². The topological polar surface area (TPSA) is 78.9 Å². The number of fused-ring (bicyclic) bond motifs is 2. The molecule has 0 radical (unpaired) electrons. The standard InChI is InChI=1S/C34H38BrN5O3/c1-22-17-31(37-36-18-22)38-15-13-25(20-38)43-30-12-11-28(35)27-14-16-40(33(41)23-7-3-2-4-8-23)29(32(27)30)21-39-19-24-9-5-6-10-26(24)34(39)42/h5-6,9-12,17-18,23,25,29H,2-4,7-8,13-16,19-21H2,1H3/t25-,29+/m0/s1. The molecule has 2 amide bonds. The van der Waals surface area contributed by atoms with Crippen molar-refractivity contribution in [2.75, 3.05) is 31.1 Å². The number of hydrogen-bond donors (Lipinski definition) is 0. The van der Waals surface area contributed by atoms with E-state index >= 15 is 0 Å². The van der Waals surface area contributed by atoms with Gasteiger partial charge >= 0.3 is 0 Å². The minimum Gasteiger partial charge on any atom is -0.488 e. The van der Waals surface area contributed by atoms with Crippen molar-refractivity contribution in [2.45, 2.75) is 70.6 Å². The monoisotopic (exact) mass is 643 g/mol. The normalized spacial score (nSPS) is 22.1. The summed E-state index contributed by atoms with van der Waals surface area (Å²) in [7, 11) is 0. The van der Waals surface area contributed by atoms with Gasteiger partial charge in [0.05, 0.1) is 18.8 Å². The highest BCUT2D eigenvalue weighted by Crippen LogP contribution is 2.43. The first-order chi connectivity index (χ1) is 21.0. The van der Waals surface area contributed by atoms with E-state index in [0.29, 0.717) is 19.6 Å². The summed E-state index contributed by atoms with van der Waals surface area (Å²) < 4.78 is 7.85. The Morgan fingerprint density at radius 2 is 1.91 bits per heavy atom. The number of hydrogen-bond acceptors (Lipinski definition) is 6. The Bertz CT molecular complexity index is 1540. The number of benzene rings is 2. The first-order valence-electron chi connectivity index (χ1n) is 15.7. The molecule has 0 unspecified atom stereocenters. The molecule has 2 fully saturated rings. The van der Waals surface area contributed by atoms with Crippen molar-refractivity contribution in [3.63, 3.8) is 0 Å². The molecule has 8 nitrogen and oxygen atoms in total. The Hall–Kier alpha value is -3.46. The van der Waals surface area contributed by atoms with Crippen LogP contribution in [0, 0.1) is 12.8 Å². The number of amides is 2. The van der Waals surface area contributed by atoms with Gasteiger partial charge in [-0.15, -0.1) is 5.10 Å². The zero-order valence-corrected chi connectivity index (χ0v) is 26.3. The molecule has 2 atom stereocenters. The SMILES string of the molecule is Cc1cnnc(N2CC[C@H](Oc3ccc(Br)c4c3[C@@H](CN3Cc5ccccc5C3=O)N(C(=O)C3CCCCC3)CC4)C2)c1. The van der Waals surface area contributed by atoms with Crippen molar-refractivity contribution in [3.05, 3.63) is 81.0 Å². The summed E-state index contributed by atoms with van der Waals surface area (Å²) in [5, 5.41) is 8.49. The molecule has 1 saturated heterocycles. The van der Waals surface area contributed by atoms with Gasteiger partial charge in [-0.1, -0.05) is 53.4 Å². The molecule has 0 N–H and O–H groups in total. The summed E-state index contributed by atoms with van der Waals surface area (Å²) in [5.74, 6) is 2.01. The number of carbonyl (C=O) groups excluding carboxylic acids is 2. The summed E-state index contributed by atoms with van der Waals surface area (Å²) >= 11 is 3.82. The third-order valence-corrected chi connectivity index (χ3v) is 10.4. The van der Waals surface area contributed by atoms with Crippen LogP contribution in [0.5, 0.6) is 5.75 Å². The van der Waals surface area contributed by atoms with Gasteiger partial charge in [0.1, 0.15) is 11.9 Å². The fourth-order valence-corrected chi connectivity index (χ4v) is 7.95. The Balaban J connectivity index is 1.21. The average Bonchev–Trinajstić information content (AvgIpc) is 3.63. The number of halogens is 1. The predicted molar refractivity (Wildman–Crippen MR) is 168 cm³/mol. The molecule has 1 saturated carbocycles. The predicted octanol–water partition coefficient (Wildman–Crippen LogP) is 5.87. The van der Waals surface area contributed by atoms with Crippen LogP contribution in [0.15, 0.2) is 53.1 Å². The number of aryl methyl sites for hydroxylation is 1. The first-order valence-corrected chi connectivity index (χ1v) is 16.5. The third-order valence-electron chi connectivity index (χ3n) is 9.64. The molecule has 0 spiro atoms. The van der Waals surface area contributed by atoms with Crippen LogP contribution in [0.3, 0.4) is 0 Å². The molecule has 4 aliphatic rings. The maximum Gasteiger partial charge on any atom is 0.254 e. The number of rotatable bonds is 6. The molecule has 1 aliphatic carbocycles. The Labute approximate surface area is 261 Å². The molecular formula is C34H38BrN5O3. The van der Waals surface area contributed by atoms with E-state index in [-0.39, 0.29) is 29.9 Å². The lowest BCUT2D eigenvalue weighted by atomic mass is 9.85. The van der Waals surface area contributed by atoms with Crippen LogP contribution in [0.1, 0.15) is 77.2 Å². The molecule has 2 aromatic carbocycles. The lowest BCUT2D eigenvalue weighted by molar-refractivity contribution is -0.140. The number of anilines is 1. The van der Waals surface area contributed by atoms with E-state index in [9.17, 15) is 9.59 Å². The molecule has 9 heteroatoms. The van der Waals surface area contributed by atoms with Crippen LogP contribution in [0.25, 0.3) is 0 Å². The Morgan fingerprint density at radius 3 is 2.72 bits per heavy atom. The number of ether oxygens (including phenoxy) is 1. The van der Waals surface area contributed by atoms with Gasteiger partial charge in [-0.2, -0.15) is 5.10 Å². The van der Waals surface area contributed by atoms with E-state index < -0.39 is 0 Å². The number of nitrogens with zero attached hydrogens (tertiary/aromatic N) is 5. The molecular weight excluding hydrogens is 606 g/mol. The molecule has 43 heavy (non-hydrogen) atoms. The maximum absolute atomic E-state index is 14.2. The van der Waals surface area contributed by atoms with Crippen LogP contribution in [0.2, 0.25) is 0 Å². The number of carbonyl (C=O) groups is 2. The lowest BCUT2D eigenvalue weighted by Gasteiger charge is -2.42. The van der Waals surface area contributed by atoms with Crippen molar-refractivity contribution in [1.29, 1.82) is 0 Å². The fraction of sp³-hybridized carbons (Fsp3) is 0.471. The third kappa shape index (κ3) is 5.52. The summed E-state index contributed by atoms with van der Waals surface area (Å²) in [6, 6.07) is 13.7. The van der Waals surface area contributed by atoms with Gasteiger partial charge in [0, 0.05) is 54.1 Å². The van der Waals surface area contributed by atoms with Gasteiger partial charge in [0.15, 0.2) is 5.82 Å². The first kappa shape index (κ1) is 28.3. The van der Waals surface area contributed by atoms with E-state index in [1.165, 1.54) is 12.0 Å². The summed E-state index contributed by atoms with van der Waals surface area (Å²) in [5.41, 5.74) is 5.12. The molecule has 4 heterocycles. The highest BCUT2D eigenvalue weighted by Gasteiger charge is 2.41. The zero-order chi connectivity index (χ0) is 29.5. The minimum atomic E-state index is -0.274. The van der Waals surface area contributed by atoms with Gasteiger partial charge < -0.3 is 19.4 Å². The van der Waals surface area contributed by atoms with Crippen molar-refractivity contribution >= 4 is 33.6 Å². The summed E-state index contributed by atoms with van der Waals surface area (Å²) in [6.45, 7) is 5.25. The molecule has 1 aromatic heterocycles. The molecule has 0 bridgehead atoms. The van der Waals surface area contributed by atoms with Gasteiger partial charge in [0.25, 0.3) is 5.91 Å². The molecule has 3 aromatic rings. The smallest absolute Gasteiger partial charge is 0.254 e. The molecule has 224 valence electrons. The van der Waals surface area contributed by atoms with Gasteiger partial charge in [-0.3, -0.25) is 9.59 Å². The zero-order valence-electron chi connectivity index (χ0n) is 24.7. The van der Waals surface area contributed by atoms with Gasteiger partial charge in [-0.25, -0.2) is 0 Å². The second-order valence-corrected chi connectivity index (χ2v) is 13.3. The largest absolute Gasteiger partial charge is 0.488 e. The average molecular weight is 645 g/mol. The highest BCUT2D eigenvalue weighted by atomic mass is 79.9. The van der Waals surface area contributed by atoms with E-state index in [1.54, 1.807) is 6.20 Å². The Morgan fingerprint density at radius 1 is 1.07 bits per heavy atom. The van der Waals surface area contributed by atoms with Crippen molar-refractivity contribution in [3.8, 4) is 5.75 Å². The van der Waals surface area contributed by atoms with Gasteiger partial charge in [-0.05, 0) is 67.1 Å². The summed E-state index contributed by atoms with van der Waals surface area (Å²) in [4.78, 5) is 33.9. The maximum atomic E-state index is 14.2. The second kappa shape index (κ2) is 11.9. The van der Waals surface area contributed by atoms with Crippen LogP contribution in [0.4, 0.5) is 5.82 Å². The van der Waals surface area contributed by atoms with Gasteiger partial charge in [0.2, 0.25) is 5.91 Å². The molecule has 7 rings (SSSR count). The minimum absolute atomic E-state index is 0.0182. The van der Waals surface area contributed by atoms with E-state index in [2.05, 4.69) is 48.1 Å². The van der Waals surface area contributed by atoms with Crippen LogP contribution in [-0.2, 0) is 17.8 Å². The van der Waals surface area contributed by atoms with Crippen molar-refractivity contribution < 1.29 is 14.3 Å². The van der Waals surface area contributed by atoms with Crippen molar-refractivity contribution in [1.82, 2.24) is 20.0 Å². The van der Waals surface area contributed by atoms with Crippen molar-refractivity contribution in [2.24, 2.45) is 5.92 Å². The quantitative estimate of drug-likeness (QED) is 0.334. The van der Waals surface area contributed by atoms with E-state index in [1.807, 2.05) is 42.2 Å². The summed E-state index contributed by atoms with van der Waals surface area (Å²) in [6.07, 6.45) is 8.69. The van der Waals surface area contributed by atoms with Crippen LogP contribution in [-0.4, -0.2) is 64.1 Å². The van der Waals surface area contributed by atoms with Crippen LogP contribution >= 0.6 is 15.9 Å². The highest BCUT2D eigenvalue weighted by molar-refractivity contribution is 9.10. The molecule has 3 aliphatic heterocycles. The van der Waals surface area contributed by atoms with Crippen LogP contribution < -0.4 is 9.64 Å². The second-order valence-electron chi connectivity index (χ2n) is 12.5.